The SMILES string of the molecule is CCC1CCCCC1NCc1nccn1C(F)F. The molecule has 0 aliphatic heterocycles. The normalized spacial score (nSPS) is 24.7. The molecule has 2 atom stereocenters. The molecule has 1 aliphatic carbocycles. The Kier molecular flexibility index (Phi) is 4.69. The lowest BCUT2D eigenvalue weighted by atomic mass is 9.83. The fourth-order valence-electron chi connectivity index (χ4n) is 2.85. The molecule has 1 fully saturated rings. The van der Waals surface area contributed by atoms with Crippen molar-refractivity contribution in [2.75, 3.05) is 0 Å². The van der Waals surface area contributed by atoms with Gasteiger partial charge in [0.15, 0.2) is 0 Å². The molecule has 0 radical (unpaired) electrons. The molecule has 102 valence electrons. The van der Waals surface area contributed by atoms with Crippen LogP contribution in [-0.2, 0) is 6.54 Å². The minimum absolute atomic E-state index is 0.422. The van der Waals surface area contributed by atoms with E-state index in [2.05, 4.69) is 17.2 Å². The second-order valence-electron chi connectivity index (χ2n) is 4.97. The molecule has 0 aromatic carbocycles. The van der Waals surface area contributed by atoms with Gasteiger partial charge in [-0.15, -0.1) is 0 Å². The third-order valence-electron chi connectivity index (χ3n) is 3.91. The van der Waals surface area contributed by atoms with Crippen LogP contribution in [0.4, 0.5) is 8.78 Å². The first kappa shape index (κ1) is 13.5. The van der Waals surface area contributed by atoms with E-state index < -0.39 is 6.55 Å². The Morgan fingerprint density at radius 2 is 2.22 bits per heavy atom. The zero-order valence-corrected chi connectivity index (χ0v) is 10.8. The summed E-state index contributed by atoms with van der Waals surface area (Å²) in [5.41, 5.74) is 0. The summed E-state index contributed by atoms with van der Waals surface area (Å²) in [6.07, 6.45) is 8.84. The van der Waals surface area contributed by atoms with Crippen LogP contribution >= 0.6 is 0 Å². The van der Waals surface area contributed by atoms with Crippen LogP contribution < -0.4 is 5.32 Å². The van der Waals surface area contributed by atoms with E-state index in [-0.39, 0.29) is 0 Å². The zero-order valence-electron chi connectivity index (χ0n) is 10.8. The summed E-state index contributed by atoms with van der Waals surface area (Å²) in [5, 5.41) is 3.40. The molecule has 18 heavy (non-hydrogen) atoms. The van der Waals surface area contributed by atoms with Gasteiger partial charge in [0.1, 0.15) is 5.82 Å². The van der Waals surface area contributed by atoms with E-state index in [4.69, 9.17) is 0 Å². The largest absolute Gasteiger partial charge is 0.319 e. The molecule has 2 rings (SSSR count). The van der Waals surface area contributed by atoms with Gasteiger partial charge in [-0.05, 0) is 18.8 Å². The van der Waals surface area contributed by atoms with E-state index in [1.807, 2.05) is 0 Å². The number of rotatable bonds is 5. The van der Waals surface area contributed by atoms with Crippen molar-refractivity contribution < 1.29 is 8.78 Å². The number of halogens is 2. The first-order chi connectivity index (χ1) is 8.72. The number of imidazole rings is 1. The van der Waals surface area contributed by atoms with Crippen LogP contribution in [-0.4, -0.2) is 15.6 Å². The third-order valence-corrected chi connectivity index (χ3v) is 3.91. The summed E-state index contributed by atoms with van der Waals surface area (Å²) in [6.45, 7) is 0.126. The van der Waals surface area contributed by atoms with Crippen molar-refractivity contribution in [3.8, 4) is 0 Å². The maximum Gasteiger partial charge on any atom is 0.319 e. The third kappa shape index (κ3) is 3.07. The summed E-state index contributed by atoms with van der Waals surface area (Å²) in [5.74, 6) is 1.10. The molecule has 0 bridgehead atoms. The molecular formula is C13H21F2N3. The van der Waals surface area contributed by atoms with Crippen molar-refractivity contribution in [3.05, 3.63) is 18.2 Å². The number of nitrogens with one attached hydrogen (secondary N) is 1. The van der Waals surface area contributed by atoms with E-state index in [0.29, 0.717) is 24.3 Å². The van der Waals surface area contributed by atoms with E-state index in [1.165, 1.54) is 31.7 Å². The van der Waals surface area contributed by atoms with E-state index >= 15 is 0 Å². The predicted molar refractivity (Wildman–Crippen MR) is 66.4 cm³/mol. The summed E-state index contributed by atoms with van der Waals surface area (Å²) in [4.78, 5) is 3.99. The first-order valence-electron chi connectivity index (χ1n) is 6.75. The van der Waals surface area contributed by atoms with Crippen molar-refractivity contribution in [1.29, 1.82) is 0 Å². The molecular weight excluding hydrogens is 236 g/mol. The van der Waals surface area contributed by atoms with Crippen LogP contribution in [0.25, 0.3) is 0 Å². The standard InChI is InChI=1S/C13H21F2N3/c1-2-10-5-3-4-6-11(10)17-9-12-16-7-8-18(12)13(14)15/h7-8,10-11,13,17H,2-6,9H2,1H3. The van der Waals surface area contributed by atoms with E-state index in [9.17, 15) is 8.78 Å². The Morgan fingerprint density at radius 3 is 2.94 bits per heavy atom. The summed E-state index contributed by atoms with van der Waals surface area (Å²) >= 11 is 0. The van der Waals surface area contributed by atoms with Crippen molar-refractivity contribution in [2.45, 2.75) is 58.2 Å². The van der Waals surface area contributed by atoms with Crippen LogP contribution in [0, 0.1) is 5.92 Å². The second-order valence-corrected chi connectivity index (χ2v) is 4.97. The van der Waals surface area contributed by atoms with Crippen LogP contribution in [0.1, 0.15) is 51.4 Å². The summed E-state index contributed by atoms with van der Waals surface area (Å²) in [6, 6.07) is 0.451. The van der Waals surface area contributed by atoms with Gasteiger partial charge < -0.3 is 5.32 Å². The van der Waals surface area contributed by atoms with E-state index in [0.717, 1.165) is 17.4 Å². The van der Waals surface area contributed by atoms with Crippen LogP contribution in [0.5, 0.6) is 0 Å². The van der Waals surface area contributed by atoms with Gasteiger partial charge in [0.25, 0.3) is 0 Å². The molecule has 0 amide bonds. The van der Waals surface area contributed by atoms with Gasteiger partial charge in [-0.25, -0.2) is 4.98 Å². The summed E-state index contributed by atoms with van der Waals surface area (Å²) in [7, 11) is 0. The molecule has 1 saturated carbocycles. The van der Waals surface area contributed by atoms with Crippen molar-refractivity contribution >= 4 is 0 Å². The number of hydrogen-bond donors (Lipinski definition) is 1. The predicted octanol–water partition coefficient (Wildman–Crippen LogP) is 3.34. The molecule has 5 heteroatoms. The average molecular weight is 257 g/mol. The van der Waals surface area contributed by atoms with Gasteiger partial charge in [0.2, 0.25) is 0 Å². The van der Waals surface area contributed by atoms with E-state index in [1.54, 1.807) is 0 Å². The second kappa shape index (κ2) is 6.27. The molecule has 1 N–H and O–H groups in total. The molecule has 1 heterocycles. The maximum absolute atomic E-state index is 12.7. The first-order valence-corrected chi connectivity index (χ1v) is 6.75. The Morgan fingerprint density at radius 1 is 1.44 bits per heavy atom. The van der Waals surface area contributed by atoms with Gasteiger partial charge >= 0.3 is 6.55 Å². The lowest BCUT2D eigenvalue weighted by Gasteiger charge is -2.31. The van der Waals surface area contributed by atoms with Gasteiger partial charge in [0.05, 0.1) is 6.54 Å². The quantitative estimate of drug-likeness (QED) is 0.876. The van der Waals surface area contributed by atoms with Gasteiger partial charge in [0, 0.05) is 18.4 Å². The minimum atomic E-state index is -2.50. The molecule has 1 aromatic heterocycles. The van der Waals surface area contributed by atoms with Crippen LogP contribution in [0.15, 0.2) is 12.4 Å². The highest BCUT2D eigenvalue weighted by atomic mass is 19.3. The topological polar surface area (TPSA) is 29.9 Å². The number of hydrogen-bond acceptors (Lipinski definition) is 2. The highest BCUT2D eigenvalue weighted by Crippen LogP contribution is 2.27. The number of nitrogens with zero attached hydrogens (tertiary/aromatic N) is 2. The molecule has 0 saturated heterocycles. The fourth-order valence-corrected chi connectivity index (χ4v) is 2.85. The van der Waals surface area contributed by atoms with Gasteiger partial charge in [-0.1, -0.05) is 26.2 Å². The van der Waals surface area contributed by atoms with Crippen molar-refractivity contribution in [1.82, 2.24) is 14.9 Å². The van der Waals surface area contributed by atoms with Gasteiger partial charge in [-0.3, -0.25) is 4.57 Å². The highest BCUT2D eigenvalue weighted by Gasteiger charge is 2.23. The monoisotopic (exact) mass is 257 g/mol. The minimum Gasteiger partial charge on any atom is -0.307 e. The smallest absolute Gasteiger partial charge is 0.307 e. The van der Waals surface area contributed by atoms with Crippen LogP contribution in [0.2, 0.25) is 0 Å². The number of aromatic nitrogens is 2. The average Bonchev–Trinajstić information content (AvgIpc) is 2.85. The lowest BCUT2D eigenvalue weighted by Crippen LogP contribution is -2.38. The Labute approximate surface area is 107 Å². The molecule has 3 nitrogen and oxygen atoms in total. The maximum atomic E-state index is 12.7. The highest BCUT2D eigenvalue weighted by molar-refractivity contribution is 4.93. The molecule has 1 aliphatic rings. The van der Waals surface area contributed by atoms with Gasteiger partial charge in [-0.2, -0.15) is 8.78 Å². The lowest BCUT2D eigenvalue weighted by molar-refractivity contribution is 0.0661. The Bertz CT molecular complexity index is 365. The Hall–Kier alpha value is -0.970. The molecule has 1 aromatic rings. The fraction of sp³-hybridized carbons (Fsp3) is 0.769. The Balaban J connectivity index is 1.91. The molecule has 2 unspecified atom stereocenters. The van der Waals surface area contributed by atoms with Crippen LogP contribution in [0.3, 0.4) is 0 Å². The van der Waals surface area contributed by atoms with Crippen molar-refractivity contribution in [2.24, 2.45) is 5.92 Å². The number of alkyl halides is 2. The zero-order chi connectivity index (χ0) is 13.0. The molecule has 0 spiro atoms. The summed E-state index contributed by atoms with van der Waals surface area (Å²) < 4.78 is 26.3. The van der Waals surface area contributed by atoms with Crippen molar-refractivity contribution in [3.63, 3.8) is 0 Å².